The van der Waals surface area contributed by atoms with E-state index < -0.39 is 6.09 Å². The number of anilines is 1. The van der Waals surface area contributed by atoms with Crippen LogP contribution in [0.2, 0.25) is 0 Å². The standard InChI is InChI=1S/C27H22N4O4S/c1-15-10-19(24-21(11-15)29-23(34-2)13-28-24)26-30-20-8-9-22-18(25(20)36-26)12-17(35-22)14-31(27(32)33)16-6-4-3-5-7-16/h3-11,13,17H,12,14H2,1-2H3,(H,32,33). The number of fused-ring (bicyclic) bond motifs is 4. The largest absolute Gasteiger partial charge is 0.488 e. The van der Waals surface area contributed by atoms with Gasteiger partial charge in [0.1, 0.15) is 16.9 Å². The molecular formula is C27H22N4O4S. The van der Waals surface area contributed by atoms with Gasteiger partial charge in [0, 0.05) is 23.2 Å². The van der Waals surface area contributed by atoms with Crippen molar-refractivity contribution in [3.63, 3.8) is 0 Å². The molecule has 5 aromatic rings. The molecule has 1 amide bonds. The summed E-state index contributed by atoms with van der Waals surface area (Å²) in [7, 11) is 1.57. The molecule has 3 aromatic carbocycles. The summed E-state index contributed by atoms with van der Waals surface area (Å²) in [5, 5.41) is 10.6. The molecule has 0 fully saturated rings. The monoisotopic (exact) mass is 498 g/mol. The number of carbonyl (C=O) groups is 1. The molecule has 0 saturated heterocycles. The zero-order chi connectivity index (χ0) is 24.8. The summed E-state index contributed by atoms with van der Waals surface area (Å²) in [6.45, 7) is 2.26. The minimum absolute atomic E-state index is 0.237. The molecule has 6 rings (SSSR count). The average Bonchev–Trinajstić information content (AvgIpc) is 3.50. The van der Waals surface area contributed by atoms with E-state index >= 15 is 0 Å². The van der Waals surface area contributed by atoms with Crippen LogP contribution in [0, 0.1) is 6.92 Å². The van der Waals surface area contributed by atoms with Gasteiger partial charge in [0.05, 0.1) is 41.1 Å². The van der Waals surface area contributed by atoms with Crippen LogP contribution in [0.25, 0.3) is 31.8 Å². The summed E-state index contributed by atoms with van der Waals surface area (Å²) < 4.78 is 12.5. The third kappa shape index (κ3) is 3.87. The van der Waals surface area contributed by atoms with E-state index in [9.17, 15) is 9.90 Å². The summed E-state index contributed by atoms with van der Waals surface area (Å²) >= 11 is 1.59. The summed E-state index contributed by atoms with van der Waals surface area (Å²) in [6, 6.07) is 17.0. The van der Waals surface area contributed by atoms with E-state index in [1.54, 1.807) is 36.8 Å². The molecule has 9 heteroatoms. The molecule has 0 saturated carbocycles. The van der Waals surface area contributed by atoms with Gasteiger partial charge < -0.3 is 14.6 Å². The quantitative estimate of drug-likeness (QED) is 0.331. The number of thiazole rings is 1. The Labute approximate surface area is 210 Å². The number of hydrogen-bond donors (Lipinski definition) is 1. The van der Waals surface area contributed by atoms with E-state index in [4.69, 9.17) is 14.5 Å². The zero-order valence-electron chi connectivity index (χ0n) is 19.6. The van der Waals surface area contributed by atoms with E-state index in [1.807, 2.05) is 43.3 Å². The number of carboxylic acid groups (broad SMARTS) is 1. The first-order chi connectivity index (χ1) is 17.5. The predicted molar refractivity (Wildman–Crippen MR) is 139 cm³/mol. The SMILES string of the molecule is COc1cnc2c(-c3nc4ccc5c(c4s3)CC(CN(C(=O)O)c3ccccc3)O5)cc(C)cc2n1. The maximum Gasteiger partial charge on any atom is 0.411 e. The highest BCUT2D eigenvalue weighted by Gasteiger charge is 2.30. The Kier molecular flexibility index (Phi) is 5.41. The lowest BCUT2D eigenvalue weighted by Gasteiger charge is -2.22. The van der Waals surface area contributed by atoms with Crippen molar-refractivity contribution >= 4 is 44.4 Å². The topological polar surface area (TPSA) is 97.7 Å². The zero-order valence-corrected chi connectivity index (χ0v) is 20.5. The molecule has 1 aliphatic rings. The van der Waals surface area contributed by atoms with Crippen molar-refractivity contribution in [1.29, 1.82) is 0 Å². The molecule has 36 heavy (non-hydrogen) atoms. The van der Waals surface area contributed by atoms with Gasteiger partial charge in [-0.3, -0.25) is 4.90 Å². The van der Waals surface area contributed by atoms with Crippen LogP contribution in [0.1, 0.15) is 11.1 Å². The molecule has 0 bridgehead atoms. The number of benzene rings is 3. The maximum absolute atomic E-state index is 12.0. The maximum atomic E-state index is 12.0. The molecule has 180 valence electrons. The van der Waals surface area contributed by atoms with Gasteiger partial charge in [-0.05, 0) is 48.9 Å². The van der Waals surface area contributed by atoms with Crippen LogP contribution in [0.3, 0.4) is 0 Å². The van der Waals surface area contributed by atoms with Crippen molar-refractivity contribution in [2.24, 2.45) is 0 Å². The van der Waals surface area contributed by atoms with E-state index in [1.165, 1.54) is 4.90 Å². The highest BCUT2D eigenvalue weighted by molar-refractivity contribution is 7.22. The van der Waals surface area contributed by atoms with Gasteiger partial charge in [-0.2, -0.15) is 0 Å². The van der Waals surface area contributed by atoms with Gasteiger partial charge in [0.2, 0.25) is 5.88 Å². The summed E-state index contributed by atoms with van der Waals surface area (Å²) in [6.07, 6.45) is 0.933. The number of hydrogen-bond acceptors (Lipinski definition) is 7. The third-order valence-corrected chi connectivity index (χ3v) is 7.40. The van der Waals surface area contributed by atoms with Crippen molar-refractivity contribution in [2.45, 2.75) is 19.4 Å². The lowest BCUT2D eigenvalue weighted by atomic mass is 10.1. The molecule has 1 atom stereocenters. The van der Waals surface area contributed by atoms with Crippen molar-refractivity contribution in [2.75, 3.05) is 18.6 Å². The molecule has 2 aromatic heterocycles. The number of nitrogens with zero attached hydrogens (tertiary/aromatic N) is 4. The van der Waals surface area contributed by atoms with Crippen LogP contribution in [0.5, 0.6) is 11.6 Å². The lowest BCUT2D eigenvalue weighted by Crippen LogP contribution is -2.38. The van der Waals surface area contributed by atoms with Gasteiger partial charge in [-0.25, -0.2) is 19.7 Å². The highest BCUT2D eigenvalue weighted by atomic mass is 32.1. The van der Waals surface area contributed by atoms with E-state index in [0.717, 1.165) is 48.7 Å². The van der Waals surface area contributed by atoms with Gasteiger partial charge in [-0.15, -0.1) is 11.3 Å². The Morgan fingerprint density at radius 1 is 1.17 bits per heavy atom. The molecule has 0 spiro atoms. The Morgan fingerprint density at radius 3 is 2.78 bits per heavy atom. The summed E-state index contributed by atoms with van der Waals surface area (Å²) in [5.41, 5.74) is 6.07. The van der Waals surface area contributed by atoms with E-state index in [-0.39, 0.29) is 12.6 Å². The Bertz CT molecular complexity index is 1620. The number of para-hydroxylation sites is 1. The summed E-state index contributed by atoms with van der Waals surface area (Å²) in [4.78, 5) is 27.3. The minimum atomic E-state index is -1.00. The highest BCUT2D eigenvalue weighted by Crippen LogP contribution is 2.42. The molecule has 1 aliphatic heterocycles. The number of amides is 1. The average molecular weight is 499 g/mol. The number of aromatic nitrogens is 3. The molecule has 8 nitrogen and oxygen atoms in total. The number of methoxy groups -OCH3 is 1. The number of rotatable bonds is 5. The van der Waals surface area contributed by atoms with Crippen LogP contribution in [0.4, 0.5) is 10.5 Å². The van der Waals surface area contributed by atoms with Gasteiger partial charge >= 0.3 is 6.09 Å². The molecular weight excluding hydrogens is 476 g/mol. The van der Waals surface area contributed by atoms with E-state index in [2.05, 4.69) is 16.0 Å². The first-order valence-corrected chi connectivity index (χ1v) is 12.3. The molecule has 3 heterocycles. The molecule has 0 radical (unpaired) electrons. The first kappa shape index (κ1) is 22.2. The lowest BCUT2D eigenvalue weighted by molar-refractivity contribution is 0.191. The second-order valence-corrected chi connectivity index (χ2v) is 9.67. The van der Waals surface area contributed by atoms with Gasteiger partial charge in [0.25, 0.3) is 0 Å². The fraction of sp³-hybridized carbons (Fsp3) is 0.185. The van der Waals surface area contributed by atoms with Crippen LogP contribution < -0.4 is 14.4 Å². The normalized spacial score (nSPS) is 14.6. The van der Waals surface area contributed by atoms with Crippen molar-refractivity contribution < 1.29 is 19.4 Å². The smallest absolute Gasteiger partial charge is 0.411 e. The first-order valence-electron chi connectivity index (χ1n) is 11.5. The van der Waals surface area contributed by atoms with Crippen LogP contribution >= 0.6 is 11.3 Å². The number of ether oxygens (including phenoxy) is 2. The predicted octanol–water partition coefficient (Wildman–Crippen LogP) is 5.71. The Hall–Kier alpha value is -4.24. The van der Waals surface area contributed by atoms with Gasteiger partial charge in [0.15, 0.2) is 0 Å². The van der Waals surface area contributed by atoms with E-state index in [0.29, 0.717) is 18.0 Å². The molecule has 0 aliphatic carbocycles. The van der Waals surface area contributed by atoms with Gasteiger partial charge in [-0.1, -0.05) is 18.2 Å². The fourth-order valence-corrected chi connectivity index (χ4v) is 5.74. The Balaban J connectivity index is 1.35. The Morgan fingerprint density at radius 2 is 2.00 bits per heavy atom. The molecule has 1 unspecified atom stereocenters. The third-order valence-electron chi connectivity index (χ3n) is 6.24. The second kappa shape index (κ2) is 8.76. The van der Waals surface area contributed by atoms with Crippen LogP contribution in [-0.4, -0.2) is 45.9 Å². The van der Waals surface area contributed by atoms with Crippen molar-refractivity contribution in [3.8, 4) is 22.2 Å². The summed E-state index contributed by atoms with van der Waals surface area (Å²) in [5.74, 6) is 1.25. The van der Waals surface area contributed by atoms with Crippen LogP contribution in [-0.2, 0) is 6.42 Å². The number of aryl methyl sites for hydroxylation is 1. The second-order valence-electron chi connectivity index (χ2n) is 8.67. The van der Waals surface area contributed by atoms with Crippen LogP contribution in [0.15, 0.2) is 60.8 Å². The minimum Gasteiger partial charge on any atom is -0.488 e. The van der Waals surface area contributed by atoms with Crippen molar-refractivity contribution in [1.82, 2.24) is 15.0 Å². The van der Waals surface area contributed by atoms with Crippen molar-refractivity contribution in [3.05, 3.63) is 71.9 Å². The fourth-order valence-electron chi connectivity index (χ4n) is 4.61. The molecule has 1 N–H and O–H groups in total.